The molecule has 0 atom stereocenters. The zero-order chi connectivity index (χ0) is 19.2. The van der Waals surface area contributed by atoms with Gasteiger partial charge in [0.25, 0.3) is 0 Å². The second kappa shape index (κ2) is 8.35. The number of halogens is 3. The Bertz CT molecular complexity index is 846. The maximum absolute atomic E-state index is 13.2. The molecule has 0 spiro atoms. The Morgan fingerprint density at radius 1 is 1.00 bits per heavy atom. The molecular weight excluding hydrogens is 367 g/mol. The second-order valence-corrected chi connectivity index (χ2v) is 7.31. The van der Waals surface area contributed by atoms with E-state index in [1.54, 1.807) is 19.1 Å². The van der Waals surface area contributed by atoms with Gasteiger partial charge < -0.3 is 0 Å². The van der Waals surface area contributed by atoms with Gasteiger partial charge in [-0.3, -0.25) is 4.28 Å². The molecule has 2 aromatic carbocycles. The number of rotatable bonds is 7. The lowest BCUT2D eigenvalue weighted by atomic mass is 10.0. The molecule has 0 unspecified atom stereocenters. The van der Waals surface area contributed by atoms with Crippen LogP contribution in [0.4, 0.5) is 13.2 Å². The summed E-state index contributed by atoms with van der Waals surface area (Å²) in [4.78, 5) is 0. The summed E-state index contributed by atoms with van der Waals surface area (Å²) in [6, 6.07) is 15.1. The largest absolute Gasteiger partial charge is 0.437 e. The lowest BCUT2D eigenvalue weighted by Crippen LogP contribution is -2.25. The van der Waals surface area contributed by atoms with Crippen molar-refractivity contribution in [2.75, 3.05) is 5.75 Å². The number of hydrogen-bond acceptors (Lipinski definition) is 4. The van der Waals surface area contributed by atoms with E-state index in [0.717, 1.165) is 11.1 Å². The zero-order valence-corrected chi connectivity index (χ0v) is 14.8. The van der Waals surface area contributed by atoms with Crippen LogP contribution in [0, 0.1) is 0 Å². The van der Waals surface area contributed by atoms with Crippen molar-refractivity contribution in [3.8, 4) is 0 Å². The summed E-state index contributed by atoms with van der Waals surface area (Å²) in [5.41, 5.74) is 0.199. The molecule has 0 saturated heterocycles. The molecular formula is C18H18F3NO3S. The van der Waals surface area contributed by atoms with Crippen LogP contribution in [0.5, 0.6) is 0 Å². The normalized spacial score (nSPS) is 12.8. The predicted octanol–water partition coefficient (Wildman–Crippen LogP) is 4.30. The van der Waals surface area contributed by atoms with E-state index in [1.807, 2.05) is 30.3 Å². The van der Waals surface area contributed by atoms with Crippen LogP contribution in [-0.4, -0.2) is 26.1 Å². The van der Waals surface area contributed by atoms with Gasteiger partial charge in [0.05, 0.1) is 5.75 Å². The van der Waals surface area contributed by atoms with Crippen LogP contribution in [0.25, 0.3) is 0 Å². The fourth-order valence-electron chi connectivity index (χ4n) is 2.26. The Hall–Kier alpha value is -2.35. The monoisotopic (exact) mass is 385 g/mol. The quantitative estimate of drug-likeness (QED) is 0.527. The van der Waals surface area contributed by atoms with Crippen molar-refractivity contribution in [3.05, 3.63) is 71.3 Å². The first-order valence-corrected chi connectivity index (χ1v) is 9.49. The van der Waals surface area contributed by atoms with Gasteiger partial charge in [-0.15, -0.1) is 0 Å². The topological polar surface area (TPSA) is 55.7 Å². The lowest BCUT2D eigenvalue weighted by Gasteiger charge is -2.11. The van der Waals surface area contributed by atoms with Crippen LogP contribution in [0.15, 0.2) is 59.8 Å². The SMILES string of the molecule is CCCS(=O)(=O)ON=C(c1ccc(Cc2ccccc2)cc1)C(F)(F)F. The maximum atomic E-state index is 13.2. The van der Waals surface area contributed by atoms with Crippen LogP contribution in [0.3, 0.4) is 0 Å². The highest BCUT2D eigenvalue weighted by atomic mass is 32.2. The highest BCUT2D eigenvalue weighted by Gasteiger charge is 2.38. The first-order valence-electron chi connectivity index (χ1n) is 7.91. The highest BCUT2D eigenvalue weighted by molar-refractivity contribution is 7.86. The molecule has 0 aliphatic heterocycles. The number of alkyl halides is 3. The van der Waals surface area contributed by atoms with Gasteiger partial charge in [-0.25, -0.2) is 0 Å². The molecule has 2 rings (SSSR count). The van der Waals surface area contributed by atoms with Crippen LogP contribution < -0.4 is 0 Å². The summed E-state index contributed by atoms with van der Waals surface area (Å²) in [6.45, 7) is 1.57. The Morgan fingerprint density at radius 2 is 1.58 bits per heavy atom. The molecule has 0 aromatic heterocycles. The van der Waals surface area contributed by atoms with Crippen LogP contribution in [-0.2, 0) is 20.8 Å². The van der Waals surface area contributed by atoms with Gasteiger partial charge in [0.15, 0.2) is 5.71 Å². The van der Waals surface area contributed by atoms with Crippen molar-refractivity contribution in [2.45, 2.75) is 25.9 Å². The Morgan fingerprint density at radius 3 is 2.12 bits per heavy atom. The standard InChI is InChI=1S/C18H18F3NO3S/c1-2-12-26(23,24)25-22-17(18(19,20)21)16-10-8-15(9-11-16)13-14-6-4-3-5-7-14/h3-11H,2,12-13H2,1H3. The predicted molar refractivity (Wildman–Crippen MR) is 93.4 cm³/mol. The fraction of sp³-hybridized carbons (Fsp3) is 0.278. The van der Waals surface area contributed by atoms with Crippen molar-refractivity contribution >= 4 is 15.8 Å². The molecule has 0 N–H and O–H groups in total. The van der Waals surface area contributed by atoms with Gasteiger partial charge in [-0.05, 0) is 24.0 Å². The van der Waals surface area contributed by atoms with E-state index < -0.39 is 27.8 Å². The number of nitrogens with zero attached hydrogens (tertiary/aromatic N) is 1. The van der Waals surface area contributed by atoms with Crippen molar-refractivity contribution in [1.29, 1.82) is 0 Å². The molecule has 0 heterocycles. The first kappa shape index (κ1) is 20.0. The van der Waals surface area contributed by atoms with Crippen LogP contribution >= 0.6 is 0 Å². The fourth-order valence-corrected chi connectivity index (χ4v) is 3.02. The van der Waals surface area contributed by atoms with E-state index in [1.165, 1.54) is 12.1 Å². The van der Waals surface area contributed by atoms with Crippen molar-refractivity contribution < 1.29 is 25.9 Å². The van der Waals surface area contributed by atoms with E-state index in [0.29, 0.717) is 6.42 Å². The summed E-state index contributed by atoms with van der Waals surface area (Å²) in [5, 5.41) is 2.87. The molecule has 0 aliphatic carbocycles. The Kier molecular flexibility index (Phi) is 6.42. The van der Waals surface area contributed by atoms with Gasteiger partial charge in [0, 0.05) is 5.56 Å². The molecule has 0 fully saturated rings. The summed E-state index contributed by atoms with van der Waals surface area (Å²) < 4.78 is 66.7. The summed E-state index contributed by atoms with van der Waals surface area (Å²) in [7, 11) is -4.13. The second-order valence-electron chi connectivity index (χ2n) is 5.63. The molecule has 26 heavy (non-hydrogen) atoms. The molecule has 0 radical (unpaired) electrons. The van der Waals surface area contributed by atoms with E-state index in [2.05, 4.69) is 9.44 Å². The average molecular weight is 385 g/mol. The summed E-state index contributed by atoms with van der Waals surface area (Å²) in [6.07, 6.45) is -4.06. The highest BCUT2D eigenvalue weighted by Crippen LogP contribution is 2.24. The third kappa shape index (κ3) is 5.87. The maximum Gasteiger partial charge on any atom is 0.437 e. The van der Waals surface area contributed by atoms with Crippen LogP contribution in [0.2, 0.25) is 0 Å². The van der Waals surface area contributed by atoms with E-state index >= 15 is 0 Å². The molecule has 2 aromatic rings. The van der Waals surface area contributed by atoms with Gasteiger partial charge in [0.2, 0.25) is 0 Å². The average Bonchev–Trinajstić information content (AvgIpc) is 2.56. The zero-order valence-electron chi connectivity index (χ0n) is 14.0. The number of oxime groups is 1. The molecule has 4 nitrogen and oxygen atoms in total. The molecule has 0 saturated carbocycles. The third-order valence-electron chi connectivity index (χ3n) is 3.44. The molecule has 0 amide bonds. The Labute approximate surface area is 150 Å². The number of hydrogen-bond donors (Lipinski definition) is 0. The van der Waals surface area contributed by atoms with Gasteiger partial charge in [-0.2, -0.15) is 21.6 Å². The van der Waals surface area contributed by atoms with Gasteiger partial charge in [-0.1, -0.05) is 66.7 Å². The summed E-state index contributed by atoms with van der Waals surface area (Å²) in [5.74, 6) is -0.405. The molecule has 0 bridgehead atoms. The third-order valence-corrected chi connectivity index (χ3v) is 4.65. The molecule has 8 heteroatoms. The van der Waals surface area contributed by atoms with Crippen molar-refractivity contribution in [3.63, 3.8) is 0 Å². The Balaban J connectivity index is 2.23. The van der Waals surface area contributed by atoms with E-state index in [9.17, 15) is 21.6 Å². The van der Waals surface area contributed by atoms with E-state index in [-0.39, 0.29) is 12.0 Å². The lowest BCUT2D eigenvalue weighted by molar-refractivity contribution is -0.0597. The molecule has 140 valence electrons. The summed E-state index contributed by atoms with van der Waals surface area (Å²) >= 11 is 0. The molecule has 0 aliphatic rings. The minimum atomic E-state index is -4.84. The number of benzene rings is 2. The first-order chi connectivity index (χ1) is 12.2. The van der Waals surface area contributed by atoms with E-state index in [4.69, 9.17) is 0 Å². The minimum Gasteiger partial charge on any atom is -0.268 e. The van der Waals surface area contributed by atoms with Crippen LogP contribution in [0.1, 0.15) is 30.0 Å². The smallest absolute Gasteiger partial charge is 0.268 e. The minimum absolute atomic E-state index is 0.216. The van der Waals surface area contributed by atoms with Crippen molar-refractivity contribution in [1.82, 2.24) is 0 Å². The van der Waals surface area contributed by atoms with Gasteiger partial charge >= 0.3 is 16.3 Å². The van der Waals surface area contributed by atoms with Crippen molar-refractivity contribution in [2.24, 2.45) is 5.16 Å². The van der Waals surface area contributed by atoms with Gasteiger partial charge in [0.1, 0.15) is 0 Å².